The molecule has 0 radical (unpaired) electrons. The quantitative estimate of drug-likeness (QED) is 0.594. The molecule has 0 amide bonds. The van der Waals surface area contributed by atoms with Crippen LogP contribution in [-0.2, 0) is 0 Å². The van der Waals surface area contributed by atoms with Crippen LogP contribution in [0.2, 0.25) is 15.1 Å². The van der Waals surface area contributed by atoms with Crippen molar-refractivity contribution in [3.05, 3.63) is 61.5 Å². The van der Waals surface area contributed by atoms with E-state index in [0.717, 1.165) is 15.7 Å². The highest BCUT2D eigenvalue weighted by Gasteiger charge is 2.10. The minimum absolute atomic E-state index is 0.104. The molecule has 0 aliphatic heterocycles. The van der Waals surface area contributed by atoms with E-state index in [1.54, 1.807) is 12.1 Å². The van der Waals surface area contributed by atoms with Gasteiger partial charge in [0.15, 0.2) is 0 Å². The van der Waals surface area contributed by atoms with E-state index in [1.807, 2.05) is 18.2 Å². The van der Waals surface area contributed by atoms with Gasteiger partial charge in [0.05, 0.1) is 20.8 Å². The average molecular weight is 380 g/mol. The molecule has 1 nitrogen and oxygen atoms in total. The molecule has 0 saturated carbocycles. The van der Waals surface area contributed by atoms with Crippen molar-refractivity contribution in [2.75, 3.05) is 5.32 Å². The Morgan fingerprint density at radius 1 is 1.00 bits per heavy atom. The van der Waals surface area contributed by atoms with Gasteiger partial charge in [-0.25, -0.2) is 0 Å². The van der Waals surface area contributed by atoms with Gasteiger partial charge in [0.1, 0.15) is 0 Å². The lowest BCUT2D eigenvalue weighted by molar-refractivity contribution is 0.884. The molecule has 0 spiro atoms. The molecule has 0 heterocycles. The van der Waals surface area contributed by atoms with Crippen LogP contribution in [0.15, 0.2) is 40.9 Å². The molecule has 0 aromatic heterocycles. The van der Waals surface area contributed by atoms with Crippen LogP contribution >= 0.6 is 50.7 Å². The van der Waals surface area contributed by atoms with Gasteiger partial charge in [0.25, 0.3) is 0 Å². The average Bonchev–Trinajstić information content (AvgIpc) is 2.36. The highest BCUT2D eigenvalue weighted by atomic mass is 79.9. The number of rotatable bonds is 3. The maximum absolute atomic E-state index is 6.15. The van der Waals surface area contributed by atoms with Crippen molar-refractivity contribution in [3.63, 3.8) is 0 Å². The minimum atomic E-state index is 0.104. The van der Waals surface area contributed by atoms with E-state index in [-0.39, 0.29) is 6.04 Å². The van der Waals surface area contributed by atoms with Crippen LogP contribution in [0.5, 0.6) is 0 Å². The Labute approximate surface area is 136 Å². The zero-order valence-electron chi connectivity index (χ0n) is 10.1. The monoisotopic (exact) mass is 377 g/mol. The molecule has 1 atom stereocenters. The summed E-state index contributed by atoms with van der Waals surface area (Å²) in [5.41, 5.74) is 1.92. The van der Waals surface area contributed by atoms with E-state index in [1.165, 1.54) is 0 Å². The predicted octanol–water partition coefficient (Wildman–Crippen LogP) is 6.58. The van der Waals surface area contributed by atoms with Gasteiger partial charge in [0, 0.05) is 10.5 Å². The molecule has 0 fully saturated rings. The lowest BCUT2D eigenvalue weighted by Gasteiger charge is -2.17. The summed E-state index contributed by atoms with van der Waals surface area (Å²) in [6, 6.07) is 11.6. The largest absolute Gasteiger partial charge is 0.377 e. The van der Waals surface area contributed by atoms with E-state index in [4.69, 9.17) is 34.8 Å². The summed E-state index contributed by atoms with van der Waals surface area (Å²) in [6.45, 7) is 2.06. The van der Waals surface area contributed by atoms with Crippen molar-refractivity contribution < 1.29 is 0 Å². The molecule has 0 saturated heterocycles. The lowest BCUT2D eigenvalue weighted by atomic mass is 10.1. The van der Waals surface area contributed by atoms with Crippen molar-refractivity contribution in [1.82, 2.24) is 0 Å². The molecule has 5 heteroatoms. The SMILES string of the molecule is CC(Nc1cc(Cl)c(Cl)cc1Cl)c1cccc(Br)c1. The van der Waals surface area contributed by atoms with E-state index in [9.17, 15) is 0 Å². The number of anilines is 1. The van der Waals surface area contributed by atoms with Gasteiger partial charge in [-0.05, 0) is 36.8 Å². The van der Waals surface area contributed by atoms with Gasteiger partial charge >= 0.3 is 0 Å². The number of hydrogen-bond acceptors (Lipinski definition) is 1. The normalized spacial score (nSPS) is 12.3. The standard InChI is InChI=1S/C14H11BrCl3N/c1-8(9-3-2-4-10(15)5-9)19-14-7-12(17)11(16)6-13(14)18/h2-8,19H,1H3. The molecule has 2 aromatic rings. The fourth-order valence-corrected chi connectivity index (χ4v) is 2.74. The number of benzene rings is 2. The first-order chi connectivity index (χ1) is 8.97. The number of hydrogen-bond donors (Lipinski definition) is 1. The Hall–Kier alpha value is -0.410. The van der Waals surface area contributed by atoms with Crippen LogP contribution in [0.25, 0.3) is 0 Å². The molecule has 0 aliphatic rings. The van der Waals surface area contributed by atoms with Crippen molar-refractivity contribution in [3.8, 4) is 0 Å². The van der Waals surface area contributed by atoms with Crippen LogP contribution in [-0.4, -0.2) is 0 Å². The summed E-state index contributed by atoms with van der Waals surface area (Å²) < 4.78 is 1.04. The smallest absolute Gasteiger partial charge is 0.0653 e. The maximum atomic E-state index is 6.15. The third-order valence-corrected chi connectivity index (χ3v) is 4.26. The molecule has 1 unspecified atom stereocenters. The second kappa shape index (κ2) is 6.36. The summed E-state index contributed by atoms with van der Waals surface area (Å²) in [5.74, 6) is 0. The van der Waals surface area contributed by atoms with E-state index >= 15 is 0 Å². The summed E-state index contributed by atoms with van der Waals surface area (Å²) in [5, 5.41) is 4.81. The molecular weight excluding hydrogens is 368 g/mol. The molecule has 0 aliphatic carbocycles. The third-order valence-electron chi connectivity index (χ3n) is 2.73. The van der Waals surface area contributed by atoms with E-state index < -0.39 is 0 Å². The molecule has 0 bridgehead atoms. The van der Waals surface area contributed by atoms with Gasteiger partial charge in [-0.3, -0.25) is 0 Å². The summed E-state index contributed by atoms with van der Waals surface area (Å²) >= 11 is 21.5. The topological polar surface area (TPSA) is 12.0 Å². The first-order valence-electron chi connectivity index (χ1n) is 5.64. The van der Waals surface area contributed by atoms with Gasteiger partial charge in [-0.1, -0.05) is 62.9 Å². The Kier molecular flexibility index (Phi) is 5.02. The van der Waals surface area contributed by atoms with Gasteiger partial charge in [-0.15, -0.1) is 0 Å². The van der Waals surface area contributed by atoms with Crippen LogP contribution in [0.4, 0.5) is 5.69 Å². The molecule has 1 N–H and O–H groups in total. The highest BCUT2D eigenvalue weighted by Crippen LogP contribution is 2.34. The zero-order valence-corrected chi connectivity index (χ0v) is 13.9. The third kappa shape index (κ3) is 3.79. The highest BCUT2D eigenvalue weighted by molar-refractivity contribution is 9.10. The van der Waals surface area contributed by atoms with E-state index in [0.29, 0.717) is 15.1 Å². The van der Waals surface area contributed by atoms with Crippen LogP contribution in [0.3, 0.4) is 0 Å². The van der Waals surface area contributed by atoms with E-state index in [2.05, 4.69) is 34.2 Å². The van der Waals surface area contributed by atoms with Crippen LogP contribution < -0.4 is 5.32 Å². The van der Waals surface area contributed by atoms with Gasteiger partial charge < -0.3 is 5.32 Å². The van der Waals surface area contributed by atoms with Crippen LogP contribution in [0.1, 0.15) is 18.5 Å². The Bertz CT molecular complexity index is 601. The molecule has 2 aromatic carbocycles. The van der Waals surface area contributed by atoms with Crippen LogP contribution in [0, 0.1) is 0 Å². The fourth-order valence-electron chi connectivity index (χ4n) is 1.73. The Morgan fingerprint density at radius 3 is 2.37 bits per heavy atom. The molecule has 2 rings (SSSR count). The van der Waals surface area contributed by atoms with Gasteiger partial charge in [0.2, 0.25) is 0 Å². The zero-order chi connectivity index (χ0) is 14.0. The Balaban J connectivity index is 2.24. The number of halogens is 4. The van der Waals surface area contributed by atoms with Crippen molar-refractivity contribution >= 4 is 56.4 Å². The molecular formula is C14H11BrCl3N. The maximum Gasteiger partial charge on any atom is 0.0653 e. The predicted molar refractivity (Wildman–Crippen MR) is 87.7 cm³/mol. The fraction of sp³-hybridized carbons (Fsp3) is 0.143. The molecule has 19 heavy (non-hydrogen) atoms. The lowest BCUT2D eigenvalue weighted by Crippen LogP contribution is -2.07. The molecule has 100 valence electrons. The first kappa shape index (κ1) is 15.0. The second-order valence-electron chi connectivity index (χ2n) is 4.17. The first-order valence-corrected chi connectivity index (χ1v) is 7.56. The van der Waals surface area contributed by atoms with Crippen molar-refractivity contribution in [2.45, 2.75) is 13.0 Å². The van der Waals surface area contributed by atoms with Crippen molar-refractivity contribution in [2.24, 2.45) is 0 Å². The number of nitrogens with one attached hydrogen (secondary N) is 1. The summed E-state index contributed by atoms with van der Waals surface area (Å²) in [6.07, 6.45) is 0. The summed E-state index contributed by atoms with van der Waals surface area (Å²) in [4.78, 5) is 0. The second-order valence-corrected chi connectivity index (χ2v) is 6.30. The minimum Gasteiger partial charge on any atom is -0.377 e. The summed E-state index contributed by atoms with van der Waals surface area (Å²) in [7, 11) is 0. The van der Waals surface area contributed by atoms with Crippen molar-refractivity contribution in [1.29, 1.82) is 0 Å². The Morgan fingerprint density at radius 2 is 1.68 bits per heavy atom. The van der Waals surface area contributed by atoms with Gasteiger partial charge in [-0.2, -0.15) is 0 Å².